The van der Waals surface area contributed by atoms with Crippen molar-refractivity contribution in [1.29, 1.82) is 5.26 Å². The van der Waals surface area contributed by atoms with Gasteiger partial charge in [0.25, 0.3) is 0 Å². The Hall–Kier alpha value is -1.77. The number of rotatable bonds is 6. The van der Waals surface area contributed by atoms with Crippen molar-refractivity contribution in [3.63, 3.8) is 0 Å². The van der Waals surface area contributed by atoms with Crippen molar-refractivity contribution in [2.24, 2.45) is 0 Å². The molecule has 1 atom stereocenters. The van der Waals surface area contributed by atoms with E-state index in [1.165, 1.54) is 0 Å². The molecule has 21 heavy (non-hydrogen) atoms. The van der Waals surface area contributed by atoms with Gasteiger partial charge in [-0.3, -0.25) is 9.69 Å². The van der Waals surface area contributed by atoms with Crippen molar-refractivity contribution in [2.75, 3.05) is 17.6 Å². The van der Waals surface area contributed by atoms with Crippen molar-refractivity contribution in [1.82, 2.24) is 4.90 Å². The van der Waals surface area contributed by atoms with Crippen molar-refractivity contribution in [3.8, 4) is 6.07 Å². The van der Waals surface area contributed by atoms with E-state index in [2.05, 4.69) is 11.4 Å². The zero-order valence-corrected chi connectivity index (χ0v) is 13.3. The molecular formula is C15H21ClN4O. The van der Waals surface area contributed by atoms with Gasteiger partial charge in [-0.1, -0.05) is 11.6 Å². The molecule has 1 aromatic rings. The molecule has 0 radical (unpaired) electrons. The van der Waals surface area contributed by atoms with Crippen LogP contribution in [0.4, 0.5) is 11.4 Å². The summed E-state index contributed by atoms with van der Waals surface area (Å²) in [4.78, 5) is 14.3. The van der Waals surface area contributed by atoms with Crippen LogP contribution in [0, 0.1) is 11.3 Å². The molecule has 0 aliphatic heterocycles. The van der Waals surface area contributed by atoms with Crippen LogP contribution in [0.5, 0.6) is 0 Å². The molecule has 6 heteroatoms. The van der Waals surface area contributed by atoms with E-state index in [1.807, 2.05) is 25.7 Å². The van der Waals surface area contributed by atoms with Gasteiger partial charge in [0, 0.05) is 24.0 Å². The van der Waals surface area contributed by atoms with Crippen LogP contribution in [0.1, 0.15) is 27.2 Å². The van der Waals surface area contributed by atoms with Gasteiger partial charge in [-0.15, -0.1) is 0 Å². The zero-order valence-electron chi connectivity index (χ0n) is 12.6. The number of carbonyl (C=O) groups excluding carboxylic acids is 1. The van der Waals surface area contributed by atoms with Crippen molar-refractivity contribution >= 4 is 28.9 Å². The molecule has 1 rings (SSSR count). The summed E-state index contributed by atoms with van der Waals surface area (Å²) in [5, 5.41) is 12.0. The fraction of sp³-hybridized carbons (Fsp3) is 0.467. The molecule has 0 fully saturated rings. The Kier molecular flexibility index (Phi) is 6.47. The Morgan fingerprint density at radius 2 is 2.14 bits per heavy atom. The van der Waals surface area contributed by atoms with Gasteiger partial charge in [0.05, 0.1) is 23.5 Å². The molecule has 0 saturated carbocycles. The van der Waals surface area contributed by atoms with Crippen LogP contribution < -0.4 is 11.1 Å². The van der Waals surface area contributed by atoms with E-state index in [9.17, 15) is 4.79 Å². The molecule has 0 saturated heterocycles. The van der Waals surface area contributed by atoms with E-state index in [4.69, 9.17) is 22.6 Å². The van der Waals surface area contributed by atoms with E-state index in [0.29, 0.717) is 29.4 Å². The average Bonchev–Trinajstić information content (AvgIpc) is 2.42. The van der Waals surface area contributed by atoms with E-state index < -0.39 is 0 Å². The first-order valence-corrected chi connectivity index (χ1v) is 7.23. The lowest BCUT2D eigenvalue weighted by molar-refractivity contribution is -0.121. The third-order valence-electron chi connectivity index (χ3n) is 3.30. The third kappa shape index (κ3) is 4.92. The number of anilines is 2. The highest BCUT2D eigenvalue weighted by Gasteiger charge is 2.23. The molecule has 0 aliphatic rings. The number of nitrogens with one attached hydrogen (secondary N) is 1. The largest absolute Gasteiger partial charge is 0.397 e. The smallest absolute Gasteiger partial charge is 0.241 e. The minimum atomic E-state index is -0.364. The van der Waals surface area contributed by atoms with Gasteiger partial charge in [0.1, 0.15) is 0 Å². The molecule has 5 nitrogen and oxygen atoms in total. The second kappa shape index (κ2) is 7.87. The minimum Gasteiger partial charge on any atom is -0.397 e. The van der Waals surface area contributed by atoms with Crippen molar-refractivity contribution in [3.05, 3.63) is 23.2 Å². The Morgan fingerprint density at radius 3 is 2.71 bits per heavy atom. The van der Waals surface area contributed by atoms with Gasteiger partial charge in [0.2, 0.25) is 5.91 Å². The summed E-state index contributed by atoms with van der Waals surface area (Å²) in [6, 6.07) is 6.84. The van der Waals surface area contributed by atoms with Gasteiger partial charge in [0.15, 0.2) is 0 Å². The summed E-state index contributed by atoms with van der Waals surface area (Å²) in [7, 11) is 0. The predicted octanol–water partition coefficient (Wildman–Crippen LogP) is 2.87. The monoisotopic (exact) mass is 308 g/mol. The van der Waals surface area contributed by atoms with Gasteiger partial charge in [-0.25, -0.2) is 0 Å². The minimum absolute atomic E-state index is 0.163. The number of halogens is 1. The number of benzene rings is 1. The second-order valence-electron chi connectivity index (χ2n) is 5.14. The maximum absolute atomic E-state index is 12.4. The molecule has 1 amide bonds. The summed E-state index contributed by atoms with van der Waals surface area (Å²) in [5.41, 5.74) is 6.79. The number of hydrogen-bond acceptors (Lipinski definition) is 4. The highest BCUT2D eigenvalue weighted by atomic mass is 35.5. The Labute approximate surface area is 130 Å². The van der Waals surface area contributed by atoms with E-state index in [0.717, 1.165) is 0 Å². The van der Waals surface area contributed by atoms with Crippen LogP contribution in [-0.2, 0) is 4.79 Å². The zero-order chi connectivity index (χ0) is 16.0. The van der Waals surface area contributed by atoms with Gasteiger partial charge < -0.3 is 11.1 Å². The Bertz CT molecular complexity index is 539. The van der Waals surface area contributed by atoms with Gasteiger partial charge in [-0.05, 0) is 39.0 Å². The van der Waals surface area contributed by atoms with E-state index in [1.54, 1.807) is 18.2 Å². The highest BCUT2D eigenvalue weighted by Crippen LogP contribution is 2.23. The molecule has 0 aromatic heterocycles. The SMILES string of the molecule is CC(C)N(CCC#N)C(C)C(=O)Nc1cc(Cl)ccc1N. The summed E-state index contributed by atoms with van der Waals surface area (Å²) >= 11 is 5.91. The lowest BCUT2D eigenvalue weighted by atomic mass is 10.1. The van der Waals surface area contributed by atoms with E-state index >= 15 is 0 Å². The van der Waals surface area contributed by atoms with Crippen LogP contribution >= 0.6 is 11.6 Å². The van der Waals surface area contributed by atoms with Crippen molar-refractivity contribution in [2.45, 2.75) is 39.3 Å². The predicted molar refractivity (Wildman–Crippen MR) is 86.0 cm³/mol. The molecule has 0 spiro atoms. The van der Waals surface area contributed by atoms with Gasteiger partial charge >= 0.3 is 0 Å². The lowest BCUT2D eigenvalue weighted by Crippen LogP contribution is -2.46. The second-order valence-corrected chi connectivity index (χ2v) is 5.57. The average molecular weight is 309 g/mol. The number of amides is 1. The quantitative estimate of drug-likeness (QED) is 0.792. The molecule has 0 heterocycles. The molecular weight excluding hydrogens is 288 g/mol. The first-order chi connectivity index (χ1) is 9.86. The van der Waals surface area contributed by atoms with Crippen LogP contribution in [0.2, 0.25) is 5.02 Å². The first-order valence-electron chi connectivity index (χ1n) is 6.85. The summed E-state index contributed by atoms with van der Waals surface area (Å²) in [6.07, 6.45) is 0.384. The van der Waals surface area contributed by atoms with Crippen LogP contribution in [-0.4, -0.2) is 29.4 Å². The Balaban J connectivity index is 2.81. The fourth-order valence-electron chi connectivity index (χ4n) is 2.10. The normalized spacial score (nSPS) is 12.2. The molecule has 0 bridgehead atoms. The third-order valence-corrected chi connectivity index (χ3v) is 3.53. The molecule has 3 N–H and O–H groups in total. The van der Waals surface area contributed by atoms with E-state index in [-0.39, 0.29) is 18.0 Å². The molecule has 114 valence electrons. The topological polar surface area (TPSA) is 82.2 Å². The number of nitrogens with two attached hydrogens (primary N) is 1. The summed E-state index contributed by atoms with van der Waals surface area (Å²) < 4.78 is 0. The number of nitrogens with zero attached hydrogens (tertiary/aromatic N) is 2. The molecule has 0 aliphatic carbocycles. The number of carbonyl (C=O) groups is 1. The number of nitriles is 1. The highest BCUT2D eigenvalue weighted by molar-refractivity contribution is 6.31. The maximum atomic E-state index is 12.4. The number of hydrogen-bond donors (Lipinski definition) is 2. The summed E-state index contributed by atoms with van der Waals surface area (Å²) in [6.45, 7) is 6.35. The fourth-order valence-corrected chi connectivity index (χ4v) is 2.27. The van der Waals surface area contributed by atoms with Gasteiger partial charge in [-0.2, -0.15) is 5.26 Å². The number of nitrogen functional groups attached to an aromatic ring is 1. The molecule has 1 aromatic carbocycles. The van der Waals surface area contributed by atoms with Crippen LogP contribution in [0.25, 0.3) is 0 Å². The Morgan fingerprint density at radius 1 is 1.48 bits per heavy atom. The lowest BCUT2D eigenvalue weighted by Gasteiger charge is -2.31. The molecule has 1 unspecified atom stereocenters. The first kappa shape index (κ1) is 17.3. The summed E-state index contributed by atoms with van der Waals surface area (Å²) in [5.74, 6) is -0.171. The maximum Gasteiger partial charge on any atom is 0.241 e. The standard InChI is InChI=1S/C15H21ClN4O/c1-10(2)20(8-4-7-17)11(3)15(21)19-14-9-12(16)5-6-13(14)18/h5-6,9-11H,4,8,18H2,1-3H3,(H,19,21). The van der Waals surface area contributed by atoms with Crippen LogP contribution in [0.15, 0.2) is 18.2 Å². The van der Waals surface area contributed by atoms with Crippen LogP contribution in [0.3, 0.4) is 0 Å². The van der Waals surface area contributed by atoms with Crippen molar-refractivity contribution < 1.29 is 4.79 Å².